The van der Waals surface area contributed by atoms with Gasteiger partial charge < -0.3 is 10.1 Å². The first-order valence-electron chi connectivity index (χ1n) is 10.3. The summed E-state index contributed by atoms with van der Waals surface area (Å²) in [5, 5.41) is 15.8. The number of esters is 1. The minimum Gasteiger partial charge on any atom is -0.465 e. The van der Waals surface area contributed by atoms with Crippen molar-refractivity contribution in [3.8, 4) is 16.8 Å². The molecule has 35 heavy (non-hydrogen) atoms. The van der Waals surface area contributed by atoms with Crippen molar-refractivity contribution in [1.82, 2.24) is 20.2 Å². The van der Waals surface area contributed by atoms with Crippen LogP contribution in [0.3, 0.4) is 0 Å². The van der Waals surface area contributed by atoms with Crippen LogP contribution in [0.5, 0.6) is 0 Å². The maximum absolute atomic E-state index is 12.6. The average Bonchev–Trinajstić information content (AvgIpc) is 3.32. The van der Waals surface area contributed by atoms with Crippen LogP contribution in [0.15, 0.2) is 65.8 Å². The van der Waals surface area contributed by atoms with Crippen molar-refractivity contribution in [2.75, 3.05) is 18.2 Å². The van der Waals surface area contributed by atoms with E-state index in [4.69, 9.17) is 27.9 Å². The average molecular weight is 528 g/mol. The van der Waals surface area contributed by atoms with E-state index >= 15 is 0 Å². The molecular weight excluding hydrogens is 509 g/mol. The first kappa shape index (κ1) is 24.7. The van der Waals surface area contributed by atoms with Crippen molar-refractivity contribution in [2.45, 2.75) is 12.1 Å². The van der Waals surface area contributed by atoms with Gasteiger partial charge in [-0.2, -0.15) is 4.68 Å². The molecule has 8 nitrogen and oxygen atoms in total. The van der Waals surface area contributed by atoms with E-state index in [-0.39, 0.29) is 11.7 Å². The van der Waals surface area contributed by atoms with Crippen LogP contribution in [0.2, 0.25) is 10.0 Å². The van der Waals surface area contributed by atoms with Gasteiger partial charge in [0.25, 0.3) is 0 Å². The SMILES string of the molecule is COC(=O)c1cccc(-c2ccc(NC(=O)CSc3nnnn3-c3ccc(C)cc3Cl)c(Cl)c2)c1. The largest absolute Gasteiger partial charge is 0.465 e. The standard InChI is InChI=1S/C24H19Cl2N5O3S/c1-14-6-9-21(19(26)10-14)31-24(28-29-30-31)35-13-22(32)27-20-8-7-16(12-18(20)25)15-4-3-5-17(11-15)23(33)34-2/h3-12H,13H2,1-2H3,(H,27,32). The Labute approximate surface area is 215 Å². The molecule has 0 saturated heterocycles. The minimum absolute atomic E-state index is 0.0586. The summed E-state index contributed by atoms with van der Waals surface area (Å²) in [5.74, 6) is -0.639. The monoisotopic (exact) mass is 527 g/mol. The number of tetrazole rings is 1. The van der Waals surface area contributed by atoms with E-state index < -0.39 is 5.97 Å². The second-order valence-corrected chi connectivity index (χ2v) is 9.19. The molecule has 0 bridgehead atoms. The van der Waals surface area contributed by atoms with Gasteiger partial charge in [-0.05, 0) is 70.4 Å². The Morgan fingerprint density at radius 1 is 1.03 bits per heavy atom. The zero-order valence-corrected chi connectivity index (χ0v) is 21.0. The van der Waals surface area contributed by atoms with Gasteiger partial charge in [-0.25, -0.2) is 4.79 Å². The van der Waals surface area contributed by atoms with Gasteiger partial charge in [0, 0.05) is 0 Å². The number of halogens is 2. The van der Waals surface area contributed by atoms with Crippen molar-refractivity contribution in [3.05, 3.63) is 81.8 Å². The number of rotatable bonds is 7. The number of hydrogen-bond donors (Lipinski definition) is 1. The van der Waals surface area contributed by atoms with Crippen LogP contribution in [-0.4, -0.2) is 44.9 Å². The second-order valence-electron chi connectivity index (χ2n) is 7.43. The number of amides is 1. The molecule has 178 valence electrons. The van der Waals surface area contributed by atoms with Gasteiger partial charge in [0.15, 0.2) is 0 Å². The van der Waals surface area contributed by atoms with Crippen LogP contribution in [0.4, 0.5) is 5.69 Å². The fourth-order valence-electron chi connectivity index (χ4n) is 3.26. The van der Waals surface area contributed by atoms with Crippen LogP contribution >= 0.6 is 35.0 Å². The molecule has 1 N–H and O–H groups in total. The molecule has 0 aliphatic heterocycles. The number of methoxy groups -OCH3 is 1. The molecular formula is C24H19Cl2N5O3S. The second kappa shape index (κ2) is 10.9. The highest BCUT2D eigenvalue weighted by Crippen LogP contribution is 2.30. The van der Waals surface area contributed by atoms with Crippen molar-refractivity contribution < 1.29 is 14.3 Å². The summed E-state index contributed by atoms with van der Waals surface area (Å²) in [7, 11) is 1.33. The lowest BCUT2D eigenvalue weighted by atomic mass is 10.0. The highest BCUT2D eigenvalue weighted by atomic mass is 35.5. The highest BCUT2D eigenvalue weighted by Gasteiger charge is 2.15. The molecule has 0 radical (unpaired) electrons. The number of nitrogens with zero attached hydrogens (tertiary/aromatic N) is 4. The zero-order valence-electron chi connectivity index (χ0n) is 18.7. The summed E-state index contributed by atoms with van der Waals surface area (Å²) in [6.07, 6.45) is 0. The predicted molar refractivity (Wildman–Crippen MR) is 136 cm³/mol. The van der Waals surface area contributed by atoms with E-state index in [9.17, 15) is 9.59 Å². The molecule has 0 fully saturated rings. The fourth-order valence-corrected chi connectivity index (χ4v) is 4.49. The number of aromatic nitrogens is 4. The molecule has 0 aliphatic rings. The van der Waals surface area contributed by atoms with Crippen LogP contribution in [0.25, 0.3) is 16.8 Å². The van der Waals surface area contributed by atoms with Crippen molar-refractivity contribution in [1.29, 1.82) is 0 Å². The maximum atomic E-state index is 12.6. The van der Waals surface area contributed by atoms with Gasteiger partial charge in [0.05, 0.1) is 39.8 Å². The predicted octanol–water partition coefficient (Wildman–Crippen LogP) is 5.46. The topological polar surface area (TPSA) is 99.0 Å². The summed E-state index contributed by atoms with van der Waals surface area (Å²) >= 11 is 13.9. The summed E-state index contributed by atoms with van der Waals surface area (Å²) in [4.78, 5) is 24.4. The Balaban J connectivity index is 1.43. The highest BCUT2D eigenvalue weighted by molar-refractivity contribution is 7.99. The number of benzene rings is 3. The fraction of sp³-hybridized carbons (Fsp3) is 0.125. The summed E-state index contributed by atoms with van der Waals surface area (Å²) < 4.78 is 6.26. The third kappa shape index (κ3) is 5.82. The molecule has 0 unspecified atom stereocenters. The van der Waals surface area contributed by atoms with Gasteiger partial charge in [-0.3, -0.25) is 4.79 Å². The molecule has 11 heteroatoms. The molecule has 0 spiro atoms. The van der Waals surface area contributed by atoms with Crippen LogP contribution in [-0.2, 0) is 9.53 Å². The zero-order chi connectivity index (χ0) is 24.9. The lowest BCUT2D eigenvalue weighted by molar-refractivity contribution is -0.113. The van der Waals surface area contributed by atoms with Crippen molar-refractivity contribution in [3.63, 3.8) is 0 Å². The number of aryl methyl sites for hydroxylation is 1. The Bertz CT molecular complexity index is 1410. The molecule has 1 amide bonds. The summed E-state index contributed by atoms with van der Waals surface area (Å²) in [6.45, 7) is 1.94. The van der Waals surface area contributed by atoms with Crippen molar-refractivity contribution >= 4 is 52.5 Å². The Hall–Kier alpha value is -3.40. The Morgan fingerprint density at radius 2 is 1.83 bits per heavy atom. The van der Waals surface area contributed by atoms with E-state index in [1.54, 1.807) is 30.3 Å². The lowest BCUT2D eigenvalue weighted by Crippen LogP contribution is -2.15. The van der Waals surface area contributed by atoms with Gasteiger partial charge >= 0.3 is 5.97 Å². The normalized spacial score (nSPS) is 10.7. The number of anilines is 1. The number of thioether (sulfide) groups is 1. The molecule has 4 aromatic rings. The molecule has 0 aliphatic carbocycles. The van der Waals surface area contributed by atoms with Crippen LogP contribution in [0.1, 0.15) is 15.9 Å². The van der Waals surface area contributed by atoms with E-state index in [2.05, 4.69) is 20.8 Å². The lowest BCUT2D eigenvalue weighted by Gasteiger charge is -2.10. The number of ether oxygens (including phenoxy) is 1. The summed E-state index contributed by atoms with van der Waals surface area (Å²) in [5.41, 5.74) is 4.13. The first-order chi connectivity index (χ1) is 16.9. The van der Waals surface area contributed by atoms with Gasteiger partial charge in [-0.15, -0.1) is 5.10 Å². The van der Waals surface area contributed by atoms with Gasteiger partial charge in [-0.1, -0.05) is 59.2 Å². The smallest absolute Gasteiger partial charge is 0.337 e. The quantitative estimate of drug-likeness (QED) is 0.251. The first-order valence-corrected chi connectivity index (χ1v) is 12.1. The Morgan fingerprint density at radius 3 is 2.57 bits per heavy atom. The molecule has 1 aromatic heterocycles. The van der Waals surface area contributed by atoms with Crippen LogP contribution < -0.4 is 5.32 Å². The van der Waals surface area contributed by atoms with Gasteiger partial charge in [0.1, 0.15) is 0 Å². The van der Waals surface area contributed by atoms with E-state index in [1.807, 2.05) is 37.3 Å². The Kier molecular flexibility index (Phi) is 7.70. The number of nitrogens with one attached hydrogen (secondary N) is 1. The number of carbonyl (C=O) groups is 2. The molecule has 0 atom stereocenters. The summed E-state index contributed by atoms with van der Waals surface area (Å²) in [6, 6.07) is 17.8. The van der Waals surface area contributed by atoms with E-state index in [0.717, 1.165) is 16.7 Å². The third-order valence-electron chi connectivity index (χ3n) is 4.96. The molecule has 0 saturated carbocycles. The maximum Gasteiger partial charge on any atom is 0.337 e. The molecule has 3 aromatic carbocycles. The van der Waals surface area contributed by atoms with Crippen molar-refractivity contribution in [2.24, 2.45) is 0 Å². The van der Waals surface area contributed by atoms with E-state index in [0.29, 0.717) is 32.1 Å². The number of carbonyl (C=O) groups excluding carboxylic acids is 2. The number of hydrogen-bond acceptors (Lipinski definition) is 7. The molecule has 1 heterocycles. The third-order valence-corrected chi connectivity index (χ3v) is 6.50. The van der Waals surface area contributed by atoms with Gasteiger partial charge in [0.2, 0.25) is 11.1 Å². The minimum atomic E-state index is -0.421. The van der Waals surface area contributed by atoms with E-state index in [1.165, 1.54) is 23.6 Å². The van der Waals surface area contributed by atoms with Crippen LogP contribution in [0, 0.1) is 6.92 Å². The molecule has 4 rings (SSSR count).